The van der Waals surface area contributed by atoms with Crippen LogP contribution in [0.5, 0.6) is 0 Å². The van der Waals surface area contributed by atoms with Crippen LogP contribution in [0.25, 0.3) is 0 Å². The van der Waals surface area contributed by atoms with E-state index in [0.29, 0.717) is 26.9 Å². The third-order valence-corrected chi connectivity index (χ3v) is 4.71. The van der Waals surface area contributed by atoms with E-state index in [1.165, 1.54) is 0 Å². The van der Waals surface area contributed by atoms with Crippen LogP contribution in [0.15, 0.2) is 41.1 Å². The van der Waals surface area contributed by atoms with Crippen molar-refractivity contribution in [3.63, 3.8) is 0 Å². The van der Waals surface area contributed by atoms with Crippen molar-refractivity contribution in [2.75, 3.05) is 5.32 Å². The largest absolute Gasteiger partial charge is 0.307 e. The van der Waals surface area contributed by atoms with Crippen molar-refractivity contribution < 1.29 is 4.79 Å². The standard InChI is InChI=1S/C16H14BrCl2N5O/c1-10-4-5-20-24(10)9-15(25)21-16-13(17)8-23(22-16)7-11-2-3-12(18)6-14(11)19/h2-6,8H,7,9H2,1H3,(H,21,22,25). The maximum absolute atomic E-state index is 12.2. The molecule has 0 atom stereocenters. The molecule has 0 aliphatic carbocycles. The fourth-order valence-corrected chi connectivity index (χ4v) is 3.14. The topological polar surface area (TPSA) is 64.7 Å². The molecule has 3 aromatic rings. The van der Waals surface area contributed by atoms with Gasteiger partial charge in [-0.2, -0.15) is 10.2 Å². The quantitative estimate of drug-likeness (QED) is 0.645. The molecule has 0 bridgehead atoms. The molecule has 1 amide bonds. The van der Waals surface area contributed by atoms with Gasteiger partial charge in [-0.25, -0.2) is 0 Å². The van der Waals surface area contributed by atoms with Crippen molar-refractivity contribution in [3.05, 3.63) is 62.4 Å². The molecular weight excluding hydrogens is 429 g/mol. The van der Waals surface area contributed by atoms with E-state index in [0.717, 1.165) is 11.3 Å². The second-order valence-electron chi connectivity index (χ2n) is 5.44. The van der Waals surface area contributed by atoms with Crippen LogP contribution in [0.1, 0.15) is 11.3 Å². The number of aryl methyl sites for hydroxylation is 1. The summed E-state index contributed by atoms with van der Waals surface area (Å²) in [6.45, 7) is 2.48. The number of aromatic nitrogens is 4. The molecule has 25 heavy (non-hydrogen) atoms. The first-order valence-corrected chi connectivity index (χ1v) is 8.92. The summed E-state index contributed by atoms with van der Waals surface area (Å²) < 4.78 is 3.99. The van der Waals surface area contributed by atoms with Crippen LogP contribution in [-0.4, -0.2) is 25.5 Å². The highest BCUT2D eigenvalue weighted by Crippen LogP contribution is 2.24. The Bertz CT molecular complexity index is 921. The predicted octanol–water partition coefficient (Wildman–Crippen LogP) is 4.14. The average molecular weight is 443 g/mol. The van der Waals surface area contributed by atoms with Crippen LogP contribution in [0.3, 0.4) is 0 Å². The Morgan fingerprint density at radius 2 is 2.12 bits per heavy atom. The highest BCUT2D eigenvalue weighted by atomic mass is 79.9. The van der Waals surface area contributed by atoms with Gasteiger partial charge in [0.15, 0.2) is 5.82 Å². The zero-order chi connectivity index (χ0) is 18.0. The van der Waals surface area contributed by atoms with Crippen LogP contribution in [0.2, 0.25) is 10.0 Å². The van der Waals surface area contributed by atoms with E-state index in [1.807, 2.05) is 19.1 Å². The number of nitrogens with zero attached hydrogens (tertiary/aromatic N) is 4. The molecule has 3 rings (SSSR count). The Balaban J connectivity index is 1.69. The summed E-state index contributed by atoms with van der Waals surface area (Å²) in [5.41, 5.74) is 1.79. The predicted molar refractivity (Wildman–Crippen MR) is 101 cm³/mol. The third-order valence-electron chi connectivity index (χ3n) is 3.54. The zero-order valence-electron chi connectivity index (χ0n) is 13.2. The summed E-state index contributed by atoms with van der Waals surface area (Å²) in [6, 6.07) is 7.15. The maximum Gasteiger partial charge on any atom is 0.247 e. The van der Waals surface area contributed by atoms with Crippen molar-refractivity contribution in [1.82, 2.24) is 19.6 Å². The van der Waals surface area contributed by atoms with Gasteiger partial charge in [0, 0.05) is 28.1 Å². The molecule has 0 aliphatic heterocycles. The molecule has 2 aromatic heterocycles. The van der Waals surface area contributed by atoms with E-state index in [4.69, 9.17) is 23.2 Å². The summed E-state index contributed by atoms with van der Waals surface area (Å²) in [5, 5.41) is 12.4. The SMILES string of the molecule is Cc1ccnn1CC(=O)Nc1nn(Cc2ccc(Cl)cc2Cl)cc1Br. The van der Waals surface area contributed by atoms with Crippen LogP contribution < -0.4 is 5.32 Å². The minimum absolute atomic E-state index is 0.126. The minimum atomic E-state index is -0.206. The van der Waals surface area contributed by atoms with Gasteiger partial charge in [-0.3, -0.25) is 14.2 Å². The number of hydrogen-bond acceptors (Lipinski definition) is 3. The molecule has 0 fully saturated rings. The molecule has 0 saturated heterocycles. The fourth-order valence-electron chi connectivity index (χ4n) is 2.26. The van der Waals surface area contributed by atoms with Crippen LogP contribution in [0, 0.1) is 6.92 Å². The van der Waals surface area contributed by atoms with Crippen molar-refractivity contribution in [2.24, 2.45) is 0 Å². The van der Waals surface area contributed by atoms with Crippen LogP contribution in [-0.2, 0) is 17.9 Å². The lowest BCUT2D eigenvalue weighted by molar-refractivity contribution is -0.117. The van der Waals surface area contributed by atoms with Gasteiger partial charge in [-0.1, -0.05) is 29.3 Å². The first kappa shape index (κ1) is 18.0. The van der Waals surface area contributed by atoms with E-state index < -0.39 is 0 Å². The Morgan fingerprint density at radius 1 is 1.32 bits per heavy atom. The van der Waals surface area contributed by atoms with Gasteiger partial charge in [-0.05, 0) is 46.6 Å². The van der Waals surface area contributed by atoms with E-state index in [1.54, 1.807) is 33.9 Å². The van der Waals surface area contributed by atoms with Gasteiger partial charge < -0.3 is 5.32 Å². The number of benzene rings is 1. The van der Waals surface area contributed by atoms with Crippen molar-refractivity contribution in [3.8, 4) is 0 Å². The third kappa shape index (κ3) is 4.42. The smallest absolute Gasteiger partial charge is 0.247 e. The molecule has 130 valence electrons. The summed E-state index contributed by atoms with van der Waals surface area (Å²) in [4.78, 5) is 12.2. The van der Waals surface area contributed by atoms with E-state index in [9.17, 15) is 4.79 Å². The van der Waals surface area contributed by atoms with Crippen molar-refractivity contribution >= 4 is 50.9 Å². The molecule has 0 saturated carbocycles. The Labute approximate surface area is 162 Å². The molecule has 1 N–H and O–H groups in total. The van der Waals surface area contributed by atoms with Gasteiger partial charge in [-0.15, -0.1) is 0 Å². The summed E-state index contributed by atoms with van der Waals surface area (Å²) in [5.74, 6) is 0.238. The van der Waals surface area contributed by atoms with Crippen LogP contribution in [0.4, 0.5) is 5.82 Å². The van der Waals surface area contributed by atoms with E-state index in [-0.39, 0.29) is 12.5 Å². The molecule has 1 aromatic carbocycles. The number of rotatable bonds is 5. The van der Waals surface area contributed by atoms with Crippen molar-refractivity contribution in [1.29, 1.82) is 0 Å². The molecule has 0 aliphatic rings. The molecule has 0 radical (unpaired) electrons. The van der Waals surface area contributed by atoms with Gasteiger partial charge in [0.05, 0.1) is 11.0 Å². The summed E-state index contributed by atoms with van der Waals surface area (Å²) in [7, 11) is 0. The second kappa shape index (κ2) is 7.59. The molecule has 2 heterocycles. The number of amides is 1. The first-order valence-electron chi connectivity index (χ1n) is 7.37. The zero-order valence-corrected chi connectivity index (χ0v) is 16.3. The number of carbonyl (C=O) groups is 1. The monoisotopic (exact) mass is 441 g/mol. The number of hydrogen-bond donors (Lipinski definition) is 1. The summed E-state index contributed by atoms with van der Waals surface area (Å²) in [6.07, 6.45) is 3.43. The van der Waals surface area contributed by atoms with E-state index >= 15 is 0 Å². The maximum atomic E-state index is 12.2. The number of nitrogens with one attached hydrogen (secondary N) is 1. The molecular formula is C16H14BrCl2N5O. The van der Waals surface area contributed by atoms with Gasteiger partial charge in [0.2, 0.25) is 5.91 Å². The Morgan fingerprint density at radius 3 is 2.80 bits per heavy atom. The number of carbonyl (C=O) groups excluding carboxylic acids is 1. The fraction of sp³-hybridized carbons (Fsp3) is 0.188. The lowest BCUT2D eigenvalue weighted by Crippen LogP contribution is -2.20. The normalized spacial score (nSPS) is 10.9. The lowest BCUT2D eigenvalue weighted by Gasteiger charge is -2.06. The number of halogens is 3. The highest BCUT2D eigenvalue weighted by Gasteiger charge is 2.13. The Hall–Kier alpha value is -1.83. The minimum Gasteiger partial charge on any atom is -0.307 e. The van der Waals surface area contributed by atoms with Gasteiger partial charge >= 0.3 is 0 Å². The summed E-state index contributed by atoms with van der Waals surface area (Å²) >= 11 is 15.5. The second-order valence-corrected chi connectivity index (χ2v) is 7.14. The van der Waals surface area contributed by atoms with Gasteiger partial charge in [0.1, 0.15) is 6.54 Å². The molecule has 0 unspecified atom stereocenters. The first-order chi connectivity index (χ1) is 11.9. The highest BCUT2D eigenvalue weighted by molar-refractivity contribution is 9.10. The molecule has 9 heteroatoms. The van der Waals surface area contributed by atoms with Crippen LogP contribution >= 0.6 is 39.1 Å². The lowest BCUT2D eigenvalue weighted by atomic mass is 10.2. The number of anilines is 1. The van der Waals surface area contributed by atoms with Crippen molar-refractivity contribution in [2.45, 2.75) is 20.0 Å². The van der Waals surface area contributed by atoms with Gasteiger partial charge in [0.25, 0.3) is 0 Å². The van der Waals surface area contributed by atoms with E-state index in [2.05, 4.69) is 31.4 Å². The molecule has 0 spiro atoms. The Kier molecular flexibility index (Phi) is 5.46. The average Bonchev–Trinajstić information content (AvgIpc) is 3.09. The molecule has 6 nitrogen and oxygen atoms in total.